The molecule has 2 aromatic heterocycles. The Balaban J connectivity index is 1.60. The third kappa shape index (κ3) is 4.19. The van der Waals surface area contributed by atoms with E-state index in [0.29, 0.717) is 12.5 Å². The van der Waals surface area contributed by atoms with E-state index in [1.54, 1.807) is 10.9 Å². The lowest BCUT2D eigenvalue weighted by Crippen LogP contribution is -2.23. The van der Waals surface area contributed by atoms with Crippen LogP contribution < -0.4 is 10.1 Å². The van der Waals surface area contributed by atoms with Crippen LogP contribution in [0, 0.1) is 11.7 Å². The van der Waals surface area contributed by atoms with E-state index in [2.05, 4.69) is 20.4 Å². The van der Waals surface area contributed by atoms with Gasteiger partial charge in [0, 0.05) is 12.7 Å². The number of aromatic nitrogens is 4. The van der Waals surface area contributed by atoms with Gasteiger partial charge in [0.1, 0.15) is 0 Å². The van der Waals surface area contributed by atoms with E-state index in [1.807, 2.05) is 13.1 Å². The Morgan fingerprint density at radius 3 is 2.83 bits per heavy atom. The number of halogens is 1. The van der Waals surface area contributed by atoms with Crippen LogP contribution in [0.4, 0.5) is 16.0 Å². The van der Waals surface area contributed by atoms with Gasteiger partial charge in [0.15, 0.2) is 0 Å². The number of aliphatic hydroxyl groups excluding tert-OH is 1. The zero-order valence-corrected chi connectivity index (χ0v) is 13.7. The second-order valence-corrected chi connectivity index (χ2v) is 6.04. The number of nitrogens with one attached hydrogen (secondary N) is 1. The van der Waals surface area contributed by atoms with Gasteiger partial charge in [-0.25, -0.2) is 4.98 Å². The van der Waals surface area contributed by atoms with Gasteiger partial charge in [-0.1, -0.05) is 0 Å². The van der Waals surface area contributed by atoms with E-state index < -0.39 is 5.82 Å². The van der Waals surface area contributed by atoms with E-state index in [1.165, 1.54) is 0 Å². The van der Waals surface area contributed by atoms with Gasteiger partial charge < -0.3 is 15.2 Å². The number of aliphatic hydroxyl groups is 1. The predicted molar refractivity (Wildman–Crippen MR) is 86.6 cm³/mol. The fourth-order valence-electron chi connectivity index (χ4n) is 2.75. The fraction of sp³-hybridized carbons (Fsp3) is 0.562. The van der Waals surface area contributed by atoms with Gasteiger partial charge in [-0.3, -0.25) is 4.68 Å². The number of nitrogens with zero attached hydrogens (tertiary/aromatic N) is 4. The Labute approximate surface area is 139 Å². The van der Waals surface area contributed by atoms with Crippen molar-refractivity contribution in [3.05, 3.63) is 24.4 Å². The summed E-state index contributed by atoms with van der Waals surface area (Å²) in [5.41, 5.74) is 0.732. The van der Waals surface area contributed by atoms with Gasteiger partial charge in [0.05, 0.1) is 30.8 Å². The molecule has 0 aromatic carbocycles. The van der Waals surface area contributed by atoms with Crippen molar-refractivity contribution in [1.82, 2.24) is 19.7 Å². The topological polar surface area (TPSA) is 85.1 Å². The van der Waals surface area contributed by atoms with E-state index in [4.69, 9.17) is 4.74 Å². The molecule has 0 aliphatic heterocycles. The number of ether oxygens (including phenoxy) is 1. The van der Waals surface area contributed by atoms with Crippen molar-refractivity contribution in [1.29, 1.82) is 0 Å². The number of aryl methyl sites for hydroxylation is 1. The molecule has 24 heavy (non-hydrogen) atoms. The summed E-state index contributed by atoms with van der Waals surface area (Å²) in [4.78, 5) is 8.02. The average molecular weight is 335 g/mol. The summed E-state index contributed by atoms with van der Waals surface area (Å²) in [6.45, 7) is 3.14. The van der Waals surface area contributed by atoms with Crippen LogP contribution in [0.1, 0.15) is 32.6 Å². The zero-order valence-electron chi connectivity index (χ0n) is 13.7. The first kappa shape index (κ1) is 16.6. The van der Waals surface area contributed by atoms with Crippen molar-refractivity contribution in [2.75, 3.05) is 11.9 Å². The lowest BCUT2D eigenvalue weighted by atomic mass is 9.88. The summed E-state index contributed by atoms with van der Waals surface area (Å²) >= 11 is 0. The third-order valence-corrected chi connectivity index (χ3v) is 4.20. The molecule has 0 spiro atoms. The average Bonchev–Trinajstić information content (AvgIpc) is 3.04. The van der Waals surface area contributed by atoms with Gasteiger partial charge in [-0.05, 0) is 38.5 Å². The smallest absolute Gasteiger partial charge is 0.255 e. The first-order valence-electron chi connectivity index (χ1n) is 8.27. The van der Waals surface area contributed by atoms with Gasteiger partial charge in [0.25, 0.3) is 5.88 Å². The molecule has 8 heteroatoms. The van der Waals surface area contributed by atoms with Crippen LogP contribution >= 0.6 is 0 Å². The lowest BCUT2D eigenvalue weighted by molar-refractivity contribution is 0.0899. The summed E-state index contributed by atoms with van der Waals surface area (Å²) in [5.74, 6) is -0.0507. The quantitative estimate of drug-likeness (QED) is 0.844. The van der Waals surface area contributed by atoms with Crippen molar-refractivity contribution < 1.29 is 14.2 Å². The molecule has 2 aromatic rings. The minimum atomic E-state index is -0.583. The highest BCUT2D eigenvalue weighted by Gasteiger charge is 2.20. The van der Waals surface area contributed by atoms with Crippen molar-refractivity contribution in [2.24, 2.45) is 5.92 Å². The van der Waals surface area contributed by atoms with Crippen LogP contribution in [-0.4, -0.2) is 37.6 Å². The molecule has 130 valence electrons. The standard InChI is InChI=1S/C16H22FN5O2/c1-2-22-9-12(7-19-22)20-16-18-8-14(17)15(21-16)24-10-11-3-5-13(23)6-4-11/h7-9,11,13,23H,2-6,10H2,1H3,(H,18,20,21). The number of rotatable bonds is 6. The number of anilines is 2. The van der Waals surface area contributed by atoms with Gasteiger partial charge in [-0.15, -0.1) is 0 Å². The maximum atomic E-state index is 13.8. The van der Waals surface area contributed by atoms with Gasteiger partial charge in [0.2, 0.25) is 11.8 Å². The minimum Gasteiger partial charge on any atom is -0.475 e. The molecule has 2 N–H and O–H groups in total. The summed E-state index contributed by atoms with van der Waals surface area (Å²) in [6, 6.07) is 0. The molecule has 0 saturated heterocycles. The molecule has 7 nitrogen and oxygen atoms in total. The third-order valence-electron chi connectivity index (χ3n) is 4.20. The predicted octanol–water partition coefficient (Wildman–Crippen LogP) is 2.51. The highest BCUT2D eigenvalue weighted by Crippen LogP contribution is 2.25. The van der Waals surface area contributed by atoms with Crippen LogP contribution in [0.3, 0.4) is 0 Å². The molecule has 0 amide bonds. The largest absolute Gasteiger partial charge is 0.475 e. The first-order chi connectivity index (χ1) is 11.6. The van der Waals surface area contributed by atoms with E-state index >= 15 is 0 Å². The second kappa shape index (κ2) is 7.57. The molecule has 0 radical (unpaired) electrons. The van der Waals surface area contributed by atoms with Gasteiger partial charge in [-0.2, -0.15) is 14.5 Å². The number of hydrogen-bond acceptors (Lipinski definition) is 6. The Kier molecular flexibility index (Phi) is 5.24. The monoisotopic (exact) mass is 335 g/mol. The van der Waals surface area contributed by atoms with Crippen molar-refractivity contribution >= 4 is 11.6 Å². The molecular formula is C16H22FN5O2. The Bertz CT molecular complexity index is 670. The molecule has 3 rings (SSSR count). The van der Waals surface area contributed by atoms with Crippen LogP contribution in [-0.2, 0) is 6.54 Å². The summed E-state index contributed by atoms with van der Waals surface area (Å²) < 4.78 is 21.2. The van der Waals surface area contributed by atoms with Crippen LogP contribution in [0.15, 0.2) is 18.6 Å². The molecule has 2 heterocycles. The number of hydrogen-bond donors (Lipinski definition) is 2. The summed E-state index contributed by atoms with van der Waals surface area (Å²) in [5, 5.41) is 16.6. The van der Waals surface area contributed by atoms with Crippen molar-refractivity contribution in [3.8, 4) is 5.88 Å². The molecule has 1 saturated carbocycles. The Morgan fingerprint density at radius 2 is 2.12 bits per heavy atom. The highest BCUT2D eigenvalue weighted by molar-refractivity contribution is 5.50. The van der Waals surface area contributed by atoms with Gasteiger partial charge >= 0.3 is 0 Å². The van der Waals surface area contributed by atoms with Crippen molar-refractivity contribution in [3.63, 3.8) is 0 Å². The molecule has 1 aliphatic rings. The summed E-state index contributed by atoms with van der Waals surface area (Å²) in [6.07, 6.45) is 7.68. The van der Waals surface area contributed by atoms with Crippen molar-refractivity contribution in [2.45, 2.75) is 45.3 Å². The second-order valence-electron chi connectivity index (χ2n) is 6.04. The minimum absolute atomic E-state index is 0.0542. The molecular weight excluding hydrogens is 313 g/mol. The molecule has 1 aliphatic carbocycles. The SMILES string of the molecule is CCn1cc(Nc2ncc(F)c(OCC3CCC(O)CC3)n2)cn1. The van der Waals surface area contributed by atoms with Crippen LogP contribution in [0.2, 0.25) is 0 Å². The normalized spacial score (nSPS) is 20.8. The molecule has 0 unspecified atom stereocenters. The Morgan fingerprint density at radius 1 is 1.33 bits per heavy atom. The molecule has 0 bridgehead atoms. The van der Waals surface area contributed by atoms with E-state index in [-0.39, 0.29) is 17.9 Å². The van der Waals surface area contributed by atoms with Crippen LogP contribution in [0.25, 0.3) is 0 Å². The van der Waals surface area contributed by atoms with E-state index in [9.17, 15) is 9.50 Å². The first-order valence-corrected chi connectivity index (χ1v) is 8.27. The van der Waals surface area contributed by atoms with Crippen LogP contribution in [0.5, 0.6) is 5.88 Å². The molecule has 1 fully saturated rings. The lowest BCUT2D eigenvalue weighted by Gasteiger charge is -2.25. The zero-order chi connectivity index (χ0) is 16.9. The van der Waals surface area contributed by atoms with E-state index in [0.717, 1.165) is 44.1 Å². The highest BCUT2D eigenvalue weighted by atomic mass is 19.1. The molecule has 0 atom stereocenters. The Hall–Kier alpha value is -2.22. The fourth-order valence-corrected chi connectivity index (χ4v) is 2.75. The summed E-state index contributed by atoms with van der Waals surface area (Å²) in [7, 11) is 0. The maximum Gasteiger partial charge on any atom is 0.255 e. The maximum absolute atomic E-state index is 13.8.